The van der Waals surface area contributed by atoms with Gasteiger partial charge in [-0.3, -0.25) is 10.1 Å². The van der Waals surface area contributed by atoms with E-state index in [0.717, 1.165) is 0 Å². The van der Waals surface area contributed by atoms with E-state index in [9.17, 15) is 14.9 Å². The number of nitrogens with zero attached hydrogens (tertiary/aromatic N) is 4. The van der Waals surface area contributed by atoms with Crippen LogP contribution >= 0.6 is 0 Å². The fourth-order valence-electron chi connectivity index (χ4n) is 2.63. The molecule has 0 aromatic carbocycles. The molecule has 0 spiro atoms. The molecule has 2 amide bonds. The molecule has 1 unspecified atom stereocenters. The number of piperazine rings is 1. The Labute approximate surface area is 114 Å². The highest BCUT2D eigenvalue weighted by atomic mass is 16.6. The average Bonchev–Trinajstić information content (AvgIpc) is 2.79. The first kappa shape index (κ1) is 12.5. The standard InChI is InChI=1S/C11H14N6O3/c12-9-2-1-8(17(19)20)10(14-9)15-3-4-16-7(6-15)5-13-11(16)18/h1-2,7H,3-6H2,(H2,12,14)(H,13,18). The number of fused-ring (bicyclic) bond motifs is 1. The molecule has 0 radical (unpaired) electrons. The van der Waals surface area contributed by atoms with Crippen molar-refractivity contribution in [2.45, 2.75) is 6.04 Å². The van der Waals surface area contributed by atoms with Gasteiger partial charge in [-0.05, 0) is 6.07 Å². The Bertz CT molecular complexity index is 577. The first-order chi connectivity index (χ1) is 9.56. The maximum atomic E-state index is 11.5. The van der Waals surface area contributed by atoms with Crippen molar-refractivity contribution >= 4 is 23.4 Å². The van der Waals surface area contributed by atoms with E-state index in [1.807, 2.05) is 4.90 Å². The Morgan fingerprint density at radius 2 is 2.25 bits per heavy atom. The minimum atomic E-state index is -0.466. The Hall–Kier alpha value is -2.58. The van der Waals surface area contributed by atoms with Crippen molar-refractivity contribution in [2.75, 3.05) is 36.8 Å². The van der Waals surface area contributed by atoms with Gasteiger partial charge >= 0.3 is 11.7 Å². The molecule has 20 heavy (non-hydrogen) atoms. The topological polar surface area (TPSA) is 118 Å². The number of nitro groups is 1. The molecular formula is C11H14N6O3. The average molecular weight is 278 g/mol. The Morgan fingerprint density at radius 3 is 3.00 bits per heavy atom. The highest BCUT2D eigenvalue weighted by Crippen LogP contribution is 2.29. The van der Waals surface area contributed by atoms with Gasteiger partial charge in [0.15, 0.2) is 0 Å². The summed E-state index contributed by atoms with van der Waals surface area (Å²) < 4.78 is 0. The molecule has 0 aliphatic carbocycles. The van der Waals surface area contributed by atoms with Crippen molar-refractivity contribution in [3.8, 4) is 0 Å². The maximum Gasteiger partial charge on any atom is 0.317 e. The smallest absolute Gasteiger partial charge is 0.317 e. The number of nitrogen functional groups attached to an aromatic ring is 1. The zero-order valence-electron chi connectivity index (χ0n) is 10.7. The molecule has 9 nitrogen and oxygen atoms in total. The molecule has 0 saturated carbocycles. The van der Waals surface area contributed by atoms with Crippen molar-refractivity contribution in [3.63, 3.8) is 0 Å². The Kier molecular flexibility index (Phi) is 2.81. The number of rotatable bonds is 2. The fraction of sp³-hybridized carbons (Fsp3) is 0.455. The van der Waals surface area contributed by atoms with E-state index >= 15 is 0 Å². The predicted molar refractivity (Wildman–Crippen MR) is 71.4 cm³/mol. The van der Waals surface area contributed by atoms with Gasteiger partial charge < -0.3 is 20.9 Å². The molecule has 1 aromatic rings. The van der Waals surface area contributed by atoms with Crippen molar-refractivity contribution in [1.82, 2.24) is 15.2 Å². The van der Waals surface area contributed by atoms with E-state index < -0.39 is 4.92 Å². The number of nitrogens with two attached hydrogens (primary N) is 1. The highest BCUT2D eigenvalue weighted by molar-refractivity contribution is 5.77. The van der Waals surface area contributed by atoms with Gasteiger partial charge in [-0.15, -0.1) is 0 Å². The van der Waals surface area contributed by atoms with E-state index in [0.29, 0.717) is 26.2 Å². The molecule has 2 aliphatic heterocycles. The van der Waals surface area contributed by atoms with Crippen LogP contribution < -0.4 is 16.0 Å². The van der Waals surface area contributed by atoms with E-state index in [2.05, 4.69) is 10.3 Å². The summed E-state index contributed by atoms with van der Waals surface area (Å²) in [5, 5.41) is 13.8. The third-order valence-electron chi connectivity index (χ3n) is 3.60. The number of carbonyl (C=O) groups is 1. The number of hydrogen-bond donors (Lipinski definition) is 2. The van der Waals surface area contributed by atoms with Crippen LogP contribution in [-0.4, -0.2) is 53.1 Å². The summed E-state index contributed by atoms with van der Waals surface area (Å²) in [6.07, 6.45) is 0. The van der Waals surface area contributed by atoms with Crippen LogP contribution in [0.4, 0.5) is 22.1 Å². The number of hydrogen-bond acceptors (Lipinski definition) is 6. The van der Waals surface area contributed by atoms with Gasteiger partial charge in [0.2, 0.25) is 5.82 Å². The molecule has 3 N–H and O–H groups in total. The zero-order chi connectivity index (χ0) is 14.3. The van der Waals surface area contributed by atoms with E-state index in [4.69, 9.17) is 5.73 Å². The number of pyridine rings is 1. The zero-order valence-corrected chi connectivity index (χ0v) is 10.7. The van der Waals surface area contributed by atoms with Gasteiger partial charge in [0.1, 0.15) is 5.82 Å². The summed E-state index contributed by atoms with van der Waals surface area (Å²) in [4.78, 5) is 29.8. The monoisotopic (exact) mass is 278 g/mol. The fourth-order valence-corrected chi connectivity index (χ4v) is 2.63. The van der Waals surface area contributed by atoms with Crippen LogP contribution in [0.1, 0.15) is 0 Å². The molecular weight excluding hydrogens is 264 g/mol. The van der Waals surface area contributed by atoms with Gasteiger partial charge in [0, 0.05) is 32.2 Å². The van der Waals surface area contributed by atoms with Crippen molar-refractivity contribution in [2.24, 2.45) is 0 Å². The lowest BCUT2D eigenvalue weighted by Crippen LogP contribution is -2.52. The SMILES string of the molecule is Nc1ccc([N+](=O)[O-])c(N2CCN3C(=O)NCC3C2)n1. The lowest BCUT2D eigenvalue weighted by Gasteiger charge is -2.36. The summed E-state index contributed by atoms with van der Waals surface area (Å²) in [6, 6.07) is 2.71. The highest BCUT2D eigenvalue weighted by Gasteiger charge is 2.37. The second-order valence-corrected chi connectivity index (χ2v) is 4.82. The number of anilines is 2. The normalized spacial score (nSPS) is 21.6. The molecule has 1 aromatic heterocycles. The minimum Gasteiger partial charge on any atom is -0.384 e. The summed E-state index contributed by atoms with van der Waals surface area (Å²) in [6.45, 7) is 2.08. The van der Waals surface area contributed by atoms with Gasteiger partial charge in [-0.25, -0.2) is 9.78 Å². The third kappa shape index (κ3) is 1.96. The van der Waals surface area contributed by atoms with Crippen molar-refractivity contribution in [1.29, 1.82) is 0 Å². The van der Waals surface area contributed by atoms with Crippen LogP contribution in [0, 0.1) is 10.1 Å². The van der Waals surface area contributed by atoms with Crippen LogP contribution in [0.25, 0.3) is 0 Å². The quantitative estimate of drug-likeness (QED) is 0.570. The second-order valence-electron chi connectivity index (χ2n) is 4.82. The Balaban J connectivity index is 1.89. The van der Waals surface area contributed by atoms with Crippen LogP contribution in [0.15, 0.2) is 12.1 Å². The third-order valence-corrected chi connectivity index (χ3v) is 3.60. The first-order valence-electron chi connectivity index (χ1n) is 6.26. The molecule has 3 rings (SSSR count). The lowest BCUT2D eigenvalue weighted by atomic mass is 10.2. The van der Waals surface area contributed by atoms with Gasteiger partial charge in [0.25, 0.3) is 0 Å². The van der Waals surface area contributed by atoms with Crippen LogP contribution in [-0.2, 0) is 0 Å². The summed E-state index contributed by atoms with van der Waals surface area (Å²) in [7, 11) is 0. The number of aromatic nitrogens is 1. The summed E-state index contributed by atoms with van der Waals surface area (Å²) >= 11 is 0. The molecule has 2 aliphatic rings. The van der Waals surface area contributed by atoms with Gasteiger partial charge in [-0.2, -0.15) is 0 Å². The number of amides is 2. The van der Waals surface area contributed by atoms with Crippen molar-refractivity contribution < 1.29 is 9.72 Å². The molecule has 1 atom stereocenters. The molecule has 3 heterocycles. The molecule has 2 fully saturated rings. The number of carbonyl (C=O) groups excluding carboxylic acids is 1. The molecule has 9 heteroatoms. The molecule has 106 valence electrons. The maximum absolute atomic E-state index is 11.5. The minimum absolute atomic E-state index is 0.0130. The van der Waals surface area contributed by atoms with Gasteiger partial charge in [0.05, 0.1) is 11.0 Å². The largest absolute Gasteiger partial charge is 0.384 e. The van der Waals surface area contributed by atoms with E-state index in [-0.39, 0.29) is 29.4 Å². The first-order valence-corrected chi connectivity index (χ1v) is 6.26. The summed E-state index contributed by atoms with van der Waals surface area (Å²) in [5.41, 5.74) is 5.56. The number of nitrogens with one attached hydrogen (secondary N) is 1. The second kappa shape index (κ2) is 4.51. The van der Waals surface area contributed by atoms with E-state index in [1.165, 1.54) is 12.1 Å². The predicted octanol–water partition coefficient (Wildman–Crippen LogP) is -0.214. The Morgan fingerprint density at radius 1 is 1.45 bits per heavy atom. The van der Waals surface area contributed by atoms with Crippen LogP contribution in [0.2, 0.25) is 0 Å². The van der Waals surface area contributed by atoms with E-state index in [1.54, 1.807) is 4.90 Å². The van der Waals surface area contributed by atoms with Crippen LogP contribution in [0.3, 0.4) is 0 Å². The van der Waals surface area contributed by atoms with Crippen LogP contribution in [0.5, 0.6) is 0 Å². The number of urea groups is 1. The lowest BCUT2D eigenvalue weighted by molar-refractivity contribution is -0.384. The molecule has 2 saturated heterocycles. The van der Waals surface area contributed by atoms with Crippen molar-refractivity contribution in [3.05, 3.63) is 22.2 Å². The molecule has 0 bridgehead atoms. The summed E-state index contributed by atoms with van der Waals surface area (Å²) in [5.74, 6) is 0.516. The van der Waals surface area contributed by atoms with Gasteiger partial charge in [-0.1, -0.05) is 0 Å².